The summed E-state index contributed by atoms with van der Waals surface area (Å²) in [5.41, 5.74) is 9.21. The normalized spacial score (nSPS) is 12.5. The summed E-state index contributed by atoms with van der Waals surface area (Å²) in [6, 6.07) is 7.14. The summed E-state index contributed by atoms with van der Waals surface area (Å²) in [7, 11) is 0. The summed E-state index contributed by atoms with van der Waals surface area (Å²) in [5, 5.41) is 0.706. The van der Waals surface area contributed by atoms with Crippen molar-refractivity contribution in [2.24, 2.45) is 5.73 Å². The molecule has 0 fully saturated rings. The Kier molecular flexibility index (Phi) is 3.78. The Balaban J connectivity index is 2.64. The number of aromatic nitrogens is 1. The van der Waals surface area contributed by atoms with Crippen LogP contribution in [0.25, 0.3) is 5.69 Å². The molecule has 4 heteroatoms. The minimum absolute atomic E-state index is 0.0260. The average Bonchev–Trinajstić information content (AvgIpc) is 2.32. The predicted molar refractivity (Wildman–Crippen MR) is 79.1 cm³/mol. The predicted octanol–water partition coefficient (Wildman–Crippen LogP) is 3.13. The number of halogens is 1. The molecule has 1 heterocycles. The van der Waals surface area contributed by atoms with E-state index >= 15 is 0 Å². The highest BCUT2D eigenvalue weighted by Gasteiger charge is 2.09. The van der Waals surface area contributed by atoms with Gasteiger partial charge in [0.2, 0.25) is 0 Å². The highest BCUT2D eigenvalue weighted by atomic mass is 35.5. The van der Waals surface area contributed by atoms with Gasteiger partial charge >= 0.3 is 0 Å². The maximum Gasteiger partial charge on any atom is 0.186 e. The van der Waals surface area contributed by atoms with Crippen molar-refractivity contribution in [2.75, 3.05) is 0 Å². The SMILES string of the molecule is Cc1ccc(-n2cc(C(C)N)c(=O)cc2C)cc1Cl. The van der Waals surface area contributed by atoms with Crippen LogP contribution in [0.4, 0.5) is 0 Å². The lowest BCUT2D eigenvalue weighted by molar-refractivity contribution is 0.786. The molecule has 2 aromatic rings. The summed E-state index contributed by atoms with van der Waals surface area (Å²) < 4.78 is 1.94. The van der Waals surface area contributed by atoms with E-state index in [0.717, 1.165) is 16.9 Å². The molecular formula is C15H17ClN2O. The van der Waals surface area contributed by atoms with Gasteiger partial charge < -0.3 is 10.3 Å². The molecule has 0 aliphatic rings. The number of pyridine rings is 1. The molecule has 0 bridgehead atoms. The lowest BCUT2D eigenvalue weighted by Gasteiger charge is -2.15. The highest BCUT2D eigenvalue weighted by Crippen LogP contribution is 2.21. The van der Waals surface area contributed by atoms with Gasteiger partial charge in [-0.3, -0.25) is 4.79 Å². The molecule has 19 heavy (non-hydrogen) atoms. The van der Waals surface area contributed by atoms with E-state index in [1.807, 2.05) is 36.6 Å². The quantitative estimate of drug-likeness (QED) is 0.916. The van der Waals surface area contributed by atoms with Crippen LogP contribution in [-0.4, -0.2) is 4.57 Å². The van der Waals surface area contributed by atoms with Gasteiger partial charge in [0.1, 0.15) is 0 Å². The third-order valence-electron chi connectivity index (χ3n) is 3.20. The van der Waals surface area contributed by atoms with E-state index in [1.165, 1.54) is 0 Å². The average molecular weight is 277 g/mol. The van der Waals surface area contributed by atoms with Crippen LogP contribution in [0.2, 0.25) is 5.02 Å². The molecule has 0 aliphatic carbocycles. The molecule has 0 radical (unpaired) electrons. The monoisotopic (exact) mass is 276 g/mol. The number of rotatable bonds is 2. The number of nitrogens with zero attached hydrogens (tertiary/aromatic N) is 1. The molecule has 0 aliphatic heterocycles. The second-order valence-corrected chi connectivity index (χ2v) is 5.23. The number of aryl methyl sites for hydroxylation is 2. The van der Waals surface area contributed by atoms with Gasteiger partial charge in [-0.05, 0) is 38.5 Å². The first kappa shape index (κ1) is 13.8. The Morgan fingerprint density at radius 2 is 1.95 bits per heavy atom. The summed E-state index contributed by atoms with van der Waals surface area (Å²) in [5.74, 6) is 0. The molecule has 1 unspecified atom stereocenters. The van der Waals surface area contributed by atoms with Gasteiger partial charge in [-0.25, -0.2) is 0 Å². The Labute approximate surface area is 117 Å². The molecule has 0 saturated carbocycles. The Bertz CT molecular complexity index is 674. The molecule has 0 spiro atoms. The van der Waals surface area contributed by atoms with Crippen molar-refractivity contribution in [3.05, 3.63) is 62.5 Å². The molecule has 1 aromatic heterocycles. The van der Waals surface area contributed by atoms with Gasteiger partial charge in [0, 0.05) is 40.3 Å². The fraction of sp³-hybridized carbons (Fsp3) is 0.267. The molecule has 3 nitrogen and oxygen atoms in total. The van der Waals surface area contributed by atoms with E-state index in [2.05, 4.69) is 0 Å². The fourth-order valence-electron chi connectivity index (χ4n) is 2.00. The van der Waals surface area contributed by atoms with Crippen LogP contribution in [-0.2, 0) is 0 Å². The van der Waals surface area contributed by atoms with Crippen LogP contribution in [0.5, 0.6) is 0 Å². The maximum atomic E-state index is 11.9. The zero-order chi connectivity index (χ0) is 14.2. The van der Waals surface area contributed by atoms with E-state index < -0.39 is 0 Å². The Morgan fingerprint density at radius 3 is 2.53 bits per heavy atom. The molecule has 2 rings (SSSR count). The molecule has 2 N–H and O–H groups in total. The Morgan fingerprint density at radius 1 is 1.26 bits per heavy atom. The lowest BCUT2D eigenvalue weighted by Crippen LogP contribution is -2.20. The third kappa shape index (κ3) is 2.72. The van der Waals surface area contributed by atoms with Crippen molar-refractivity contribution in [3.63, 3.8) is 0 Å². The lowest BCUT2D eigenvalue weighted by atomic mass is 10.1. The van der Waals surface area contributed by atoms with Crippen molar-refractivity contribution in [1.82, 2.24) is 4.57 Å². The van der Waals surface area contributed by atoms with Gasteiger partial charge in [-0.2, -0.15) is 0 Å². The highest BCUT2D eigenvalue weighted by molar-refractivity contribution is 6.31. The van der Waals surface area contributed by atoms with Crippen LogP contribution >= 0.6 is 11.6 Å². The van der Waals surface area contributed by atoms with E-state index in [0.29, 0.717) is 10.6 Å². The smallest absolute Gasteiger partial charge is 0.186 e. The van der Waals surface area contributed by atoms with E-state index in [-0.39, 0.29) is 11.5 Å². The molecule has 1 aromatic carbocycles. The van der Waals surface area contributed by atoms with Gasteiger partial charge in [-0.1, -0.05) is 17.7 Å². The standard InChI is InChI=1S/C15H17ClN2O/c1-9-4-5-12(7-14(9)16)18-8-13(11(3)17)15(19)6-10(18)2/h4-8,11H,17H2,1-3H3. The number of hydrogen-bond acceptors (Lipinski definition) is 2. The zero-order valence-corrected chi connectivity index (χ0v) is 12.0. The molecule has 1 atom stereocenters. The molecule has 0 saturated heterocycles. The Hall–Kier alpha value is -1.58. The van der Waals surface area contributed by atoms with Gasteiger partial charge in [0.25, 0.3) is 0 Å². The maximum absolute atomic E-state index is 11.9. The van der Waals surface area contributed by atoms with Crippen molar-refractivity contribution >= 4 is 11.6 Å². The van der Waals surface area contributed by atoms with Crippen LogP contribution in [0.1, 0.15) is 29.8 Å². The molecule has 100 valence electrons. The van der Waals surface area contributed by atoms with Crippen LogP contribution in [0.15, 0.2) is 35.3 Å². The first-order chi connectivity index (χ1) is 8.90. The van der Waals surface area contributed by atoms with Crippen molar-refractivity contribution in [1.29, 1.82) is 0 Å². The van der Waals surface area contributed by atoms with Gasteiger partial charge in [-0.15, -0.1) is 0 Å². The first-order valence-electron chi connectivity index (χ1n) is 6.15. The van der Waals surface area contributed by atoms with Gasteiger partial charge in [0.15, 0.2) is 5.43 Å². The minimum Gasteiger partial charge on any atom is -0.324 e. The fourth-order valence-corrected chi connectivity index (χ4v) is 2.17. The third-order valence-corrected chi connectivity index (χ3v) is 3.60. The van der Waals surface area contributed by atoms with Crippen molar-refractivity contribution < 1.29 is 0 Å². The van der Waals surface area contributed by atoms with Crippen LogP contribution in [0.3, 0.4) is 0 Å². The number of nitrogens with two attached hydrogens (primary N) is 1. The second-order valence-electron chi connectivity index (χ2n) is 4.83. The number of benzene rings is 1. The van der Waals surface area contributed by atoms with Gasteiger partial charge in [0.05, 0.1) is 0 Å². The van der Waals surface area contributed by atoms with E-state index in [9.17, 15) is 4.79 Å². The summed E-state index contributed by atoms with van der Waals surface area (Å²) >= 11 is 6.15. The number of hydrogen-bond donors (Lipinski definition) is 1. The minimum atomic E-state index is -0.291. The summed E-state index contributed by atoms with van der Waals surface area (Å²) in [6.07, 6.45) is 1.79. The largest absolute Gasteiger partial charge is 0.324 e. The van der Waals surface area contributed by atoms with Crippen LogP contribution < -0.4 is 11.2 Å². The van der Waals surface area contributed by atoms with Crippen molar-refractivity contribution in [2.45, 2.75) is 26.8 Å². The van der Waals surface area contributed by atoms with E-state index in [1.54, 1.807) is 19.2 Å². The summed E-state index contributed by atoms with van der Waals surface area (Å²) in [6.45, 7) is 5.65. The molecule has 0 amide bonds. The zero-order valence-electron chi connectivity index (χ0n) is 11.3. The first-order valence-corrected chi connectivity index (χ1v) is 6.53. The second kappa shape index (κ2) is 5.19. The van der Waals surface area contributed by atoms with Crippen molar-refractivity contribution in [3.8, 4) is 5.69 Å². The van der Waals surface area contributed by atoms with Crippen LogP contribution in [0, 0.1) is 13.8 Å². The molecular weight excluding hydrogens is 260 g/mol. The summed E-state index contributed by atoms with van der Waals surface area (Å²) in [4.78, 5) is 11.9. The topological polar surface area (TPSA) is 48.0 Å². The van der Waals surface area contributed by atoms with E-state index in [4.69, 9.17) is 17.3 Å².